The van der Waals surface area contributed by atoms with Gasteiger partial charge in [-0.3, -0.25) is 4.79 Å². The monoisotopic (exact) mass is 286 g/mol. The highest BCUT2D eigenvalue weighted by Crippen LogP contribution is 2.19. The number of nitrogens with zero attached hydrogens (tertiary/aromatic N) is 1. The summed E-state index contributed by atoms with van der Waals surface area (Å²) in [4.78, 5) is 14.7. The number of benzene rings is 1. The van der Waals surface area contributed by atoms with E-state index in [-0.39, 0.29) is 5.91 Å². The van der Waals surface area contributed by atoms with Gasteiger partial charge in [0, 0.05) is 16.5 Å². The molecule has 3 nitrogen and oxygen atoms in total. The summed E-state index contributed by atoms with van der Waals surface area (Å²) < 4.78 is 0. The van der Waals surface area contributed by atoms with Gasteiger partial charge < -0.3 is 10.2 Å². The molecule has 0 aliphatic heterocycles. The van der Waals surface area contributed by atoms with E-state index in [0.717, 1.165) is 24.4 Å². The first-order valence-corrected chi connectivity index (χ1v) is 7.24. The van der Waals surface area contributed by atoms with E-state index in [9.17, 15) is 4.79 Å². The van der Waals surface area contributed by atoms with Gasteiger partial charge in [0.25, 0.3) is 0 Å². The van der Waals surface area contributed by atoms with Crippen LogP contribution in [0.15, 0.2) is 29.2 Å². The van der Waals surface area contributed by atoms with Gasteiger partial charge >= 0.3 is 0 Å². The first-order chi connectivity index (χ1) is 8.58. The minimum Gasteiger partial charge on any atom is -0.355 e. The molecule has 0 unspecified atom stereocenters. The van der Waals surface area contributed by atoms with Gasteiger partial charge in [-0.2, -0.15) is 0 Å². The van der Waals surface area contributed by atoms with Gasteiger partial charge in [0.1, 0.15) is 0 Å². The van der Waals surface area contributed by atoms with Crippen molar-refractivity contribution in [2.75, 3.05) is 32.9 Å². The molecule has 1 aromatic rings. The van der Waals surface area contributed by atoms with Crippen LogP contribution >= 0.6 is 23.4 Å². The molecule has 1 aromatic carbocycles. The van der Waals surface area contributed by atoms with Crippen molar-refractivity contribution < 1.29 is 4.79 Å². The number of hydrogen-bond donors (Lipinski definition) is 1. The van der Waals surface area contributed by atoms with E-state index >= 15 is 0 Å². The number of carbonyl (C=O) groups excluding carboxylic acids is 1. The third-order valence-electron chi connectivity index (χ3n) is 2.29. The van der Waals surface area contributed by atoms with Crippen LogP contribution in [0.25, 0.3) is 0 Å². The first-order valence-electron chi connectivity index (χ1n) is 5.88. The lowest BCUT2D eigenvalue weighted by Gasteiger charge is -2.09. The Labute approximate surface area is 118 Å². The highest BCUT2D eigenvalue weighted by atomic mass is 35.5. The summed E-state index contributed by atoms with van der Waals surface area (Å²) in [5.74, 6) is 0.526. The van der Waals surface area contributed by atoms with Gasteiger partial charge in [-0.15, -0.1) is 11.8 Å². The normalized spacial score (nSPS) is 10.7. The van der Waals surface area contributed by atoms with Crippen molar-refractivity contribution in [3.63, 3.8) is 0 Å². The average molecular weight is 287 g/mol. The van der Waals surface area contributed by atoms with E-state index < -0.39 is 0 Å². The first kappa shape index (κ1) is 15.3. The van der Waals surface area contributed by atoms with E-state index in [1.165, 1.54) is 11.8 Å². The van der Waals surface area contributed by atoms with Gasteiger partial charge in [-0.05, 0) is 51.3 Å². The van der Waals surface area contributed by atoms with Crippen LogP contribution in [0.2, 0.25) is 5.02 Å². The van der Waals surface area contributed by atoms with Crippen molar-refractivity contribution in [2.24, 2.45) is 0 Å². The van der Waals surface area contributed by atoms with E-state index in [1.807, 2.05) is 38.4 Å². The predicted molar refractivity (Wildman–Crippen MR) is 78.4 cm³/mol. The van der Waals surface area contributed by atoms with Gasteiger partial charge in [-0.25, -0.2) is 0 Å². The van der Waals surface area contributed by atoms with Gasteiger partial charge in [-0.1, -0.05) is 11.6 Å². The smallest absolute Gasteiger partial charge is 0.230 e. The summed E-state index contributed by atoms with van der Waals surface area (Å²) in [6.45, 7) is 1.72. The van der Waals surface area contributed by atoms with E-state index in [2.05, 4.69) is 10.2 Å². The molecular formula is C13H19ClN2OS. The summed E-state index contributed by atoms with van der Waals surface area (Å²) in [5, 5.41) is 3.62. The maximum Gasteiger partial charge on any atom is 0.230 e. The van der Waals surface area contributed by atoms with Crippen molar-refractivity contribution >= 4 is 29.3 Å². The number of thioether (sulfide) groups is 1. The molecule has 0 saturated carbocycles. The molecule has 0 fully saturated rings. The molecular weight excluding hydrogens is 268 g/mol. The molecule has 0 aromatic heterocycles. The fourth-order valence-corrected chi connectivity index (χ4v) is 2.21. The Morgan fingerprint density at radius 3 is 2.61 bits per heavy atom. The van der Waals surface area contributed by atoms with Crippen LogP contribution in [-0.4, -0.2) is 43.7 Å². The maximum atomic E-state index is 11.6. The van der Waals surface area contributed by atoms with Crippen LogP contribution in [0.3, 0.4) is 0 Å². The molecule has 18 heavy (non-hydrogen) atoms. The molecule has 0 spiro atoms. The van der Waals surface area contributed by atoms with Crippen LogP contribution in [0.5, 0.6) is 0 Å². The largest absolute Gasteiger partial charge is 0.355 e. The minimum atomic E-state index is 0.0775. The molecule has 0 aliphatic carbocycles. The standard InChI is InChI=1S/C13H19ClN2OS/c1-16(2)9-3-8-15-13(17)10-18-12-6-4-11(14)5-7-12/h4-7H,3,8-10H2,1-2H3,(H,15,17). The van der Waals surface area contributed by atoms with E-state index in [0.29, 0.717) is 10.8 Å². The summed E-state index contributed by atoms with van der Waals surface area (Å²) in [6, 6.07) is 7.51. The lowest BCUT2D eigenvalue weighted by atomic mass is 10.4. The Balaban J connectivity index is 2.15. The number of carbonyl (C=O) groups is 1. The zero-order valence-electron chi connectivity index (χ0n) is 10.8. The zero-order chi connectivity index (χ0) is 13.4. The molecule has 100 valence electrons. The van der Waals surface area contributed by atoms with E-state index in [1.54, 1.807) is 0 Å². The SMILES string of the molecule is CN(C)CCCNC(=O)CSc1ccc(Cl)cc1. The average Bonchev–Trinajstić information content (AvgIpc) is 2.34. The van der Waals surface area contributed by atoms with Crippen LogP contribution in [0, 0.1) is 0 Å². The number of hydrogen-bond acceptors (Lipinski definition) is 3. The van der Waals surface area contributed by atoms with Crippen molar-refractivity contribution in [3.8, 4) is 0 Å². The van der Waals surface area contributed by atoms with E-state index in [4.69, 9.17) is 11.6 Å². The quantitative estimate of drug-likeness (QED) is 0.617. The molecule has 0 atom stereocenters. The molecule has 5 heteroatoms. The predicted octanol–water partition coefficient (Wildman–Crippen LogP) is 2.50. The lowest BCUT2D eigenvalue weighted by molar-refractivity contribution is -0.118. The van der Waals surface area contributed by atoms with Gasteiger partial charge in [0.05, 0.1) is 5.75 Å². The highest BCUT2D eigenvalue weighted by molar-refractivity contribution is 8.00. The molecule has 1 amide bonds. The number of halogens is 1. The number of rotatable bonds is 7. The van der Waals surface area contributed by atoms with Crippen molar-refractivity contribution in [1.29, 1.82) is 0 Å². The second kappa shape index (κ2) is 8.40. The van der Waals surface area contributed by atoms with Crippen molar-refractivity contribution in [1.82, 2.24) is 10.2 Å². The Hall–Kier alpha value is -0.710. The third kappa shape index (κ3) is 6.89. The molecule has 0 aliphatic rings. The molecule has 1 rings (SSSR count). The Morgan fingerprint density at radius 2 is 2.00 bits per heavy atom. The van der Waals surface area contributed by atoms with Gasteiger partial charge in [0.2, 0.25) is 5.91 Å². The second-order valence-electron chi connectivity index (χ2n) is 4.25. The van der Waals surface area contributed by atoms with Crippen molar-refractivity contribution in [2.45, 2.75) is 11.3 Å². The number of nitrogens with one attached hydrogen (secondary N) is 1. The lowest BCUT2D eigenvalue weighted by Crippen LogP contribution is -2.28. The fourth-order valence-electron chi connectivity index (χ4n) is 1.35. The molecule has 0 bridgehead atoms. The summed E-state index contributed by atoms with van der Waals surface area (Å²) in [5.41, 5.74) is 0. The van der Waals surface area contributed by atoms with Crippen LogP contribution < -0.4 is 5.32 Å². The Morgan fingerprint density at radius 1 is 1.33 bits per heavy atom. The van der Waals surface area contributed by atoms with Crippen LogP contribution in [-0.2, 0) is 4.79 Å². The van der Waals surface area contributed by atoms with Gasteiger partial charge in [0.15, 0.2) is 0 Å². The zero-order valence-corrected chi connectivity index (χ0v) is 12.4. The third-order valence-corrected chi connectivity index (χ3v) is 3.55. The Kier molecular flexibility index (Phi) is 7.16. The molecule has 0 heterocycles. The second-order valence-corrected chi connectivity index (χ2v) is 5.73. The summed E-state index contributed by atoms with van der Waals surface area (Å²) in [6.07, 6.45) is 0.977. The van der Waals surface area contributed by atoms with Crippen LogP contribution in [0.1, 0.15) is 6.42 Å². The fraction of sp³-hybridized carbons (Fsp3) is 0.462. The highest BCUT2D eigenvalue weighted by Gasteiger charge is 2.02. The minimum absolute atomic E-state index is 0.0775. The summed E-state index contributed by atoms with van der Waals surface area (Å²) >= 11 is 7.31. The summed E-state index contributed by atoms with van der Waals surface area (Å²) in [7, 11) is 4.05. The van der Waals surface area contributed by atoms with Crippen molar-refractivity contribution in [3.05, 3.63) is 29.3 Å². The molecule has 1 N–H and O–H groups in total. The molecule has 0 saturated heterocycles. The topological polar surface area (TPSA) is 32.3 Å². The molecule has 0 radical (unpaired) electrons. The Bertz CT molecular complexity index is 368. The maximum absolute atomic E-state index is 11.6. The van der Waals surface area contributed by atoms with Crippen LogP contribution in [0.4, 0.5) is 0 Å². The number of amides is 1.